The van der Waals surface area contributed by atoms with Crippen molar-refractivity contribution in [2.24, 2.45) is 5.92 Å². The zero-order valence-electron chi connectivity index (χ0n) is 11.2. The molecule has 1 aliphatic rings. The van der Waals surface area contributed by atoms with Gasteiger partial charge in [0.2, 0.25) is 6.79 Å². The molecule has 1 aromatic carbocycles. The van der Waals surface area contributed by atoms with Gasteiger partial charge in [-0.1, -0.05) is 20.8 Å². The van der Waals surface area contributed by atoms with E-state index < -0.39 is 0 Å². The molecule has 1 unspecified atom stereocenters. The average molecular weight is 251 g/mol. The van der Waals surface area contributed by atoms with Gasteiger partial charge >= 0.3 is 0 Å². The molecule has 1 atom stereocenters. The molecule has 18 heavy (non-hydrogen) atoms. The van der Waals surface area contributed by atoms with Gasteiger partial charge in [0.1, 0.15) is 5.75 Å². The topological polar surface area (TPSA) is 39.7 Å². The summed E-state index contributed by atoms with van der Waals surface area (Å²) in [4.78, 5) is 0. The van der Waals surface area contributed by atoms with E-state index in [0.717, 1.165) is 23.8 Å². The third-order valence-corrected chi connectivity index (χ3v) is 2.75. The molecular formula is C14H21NO3. The van der Waals surface area contributed by atoms with E-state index in [1.54, 1.807) is 0 Å². The van der Waals surface area contributed by atoms with Crippen molar-refractivity contribution in [1.29, 1.82) is 0 Å². The summed E-state index contributed by atoms with van der Waals surface area (Å²) in [5.41, 5.74) is 0. The van der Waals surface area contributed by atoms with Crippen LogP contribution in [0.5, 0.6) is 17.2 Å². The second-order valence-corrected chi connectivity index (χ2v) is 4.99. The van der Waals surface area contributed by atoms with Gasteiger partial charge in [-0.2, -0.15) is 0 Å². The highest BCUT2D eigenvalue weighted by molar-refractivity contribution is 5.46. The van der Waals surface area contributed by atoms with Gasteiger partial charge in [-0.3, -0.25) is 0 Å². The lowest BCUT2D eigenvalue weighted by atomic mass is 10.2. The van der Waals surface area contributed by atoms with Crippen LogP contribution in [-0.2, 0) is 0 Å². The number of fused-ring (bicyclic) bond motifs is 1. The Morgan fingerprint density at radius 2 is 2.00 bits per heavy atom. The summed E-state index contributed by atoms with van der Waals surface area (Å²) in [5, 5.41) is 3.40. The molecular weight excluding hydrogens is 230 g/mol. The Bertz CT molecular complexity index is 393. The van der Waals surface area contributed by atoms with E-state index in [0.29, 0.717) is 25.4 Å². The minimum atomic E-state index is 0.299. The van der Waals surface area contributed by atoms with Gasteiger partial charge in [-0.05, 0) is 12.1 Å². The number of nitrogens with one attached hydrogen (secondary N) is 1. The predicted octanol–water partition coefficient (Wildman–Crippen LogP) is 2.43. The average Bonchev–Trinajstić information content (AvgIpc) is 2.81. The van der Waals surface area contributed by atoms with E-state index in [2.05, 4.69) is 26.1 Å². The minimum Gasteiger partial charge on any atom is -0.493 e. The molecule has 0 radical (unpaired) electrons. The Morgan fingerprint density at radius 3 is 2.78 bits per heavy atom. The Balaban J connectivity index is 1.79. The molecule has 0 spiro atoms. The molecule has 0 fully saturated rings. The molecule has 0 amide bonds. The van der Waals surface area contributed by atoms with Crippen LogP contribution in [-0.4, -0.2) is 26.0 Å². The van der Waals surface area contributed by atoms with Gasteiger partial charge < -0.3 is 19.5 Å². The molecule has 1 aromatic rings. The molecule has 2 rings (SSSR count). The second-order valence-electron chi connectivity index (χ2n) is 4.99. The summed E-state index contributed by atoms with van der Waals surface area (Å²) in [6, 6.07) is 6.19. The van der Waals surface area contributed by atoms with Crippen LogP contribution < -0.4 is 19.5 Å². The summed E-state index contributed by atoms with van der Waals surface area (Å²) < 4.78 is 16.3. The Labute approximate surface area is 108 Å². The predicted molar refractivity (Wildman–Crippen MR) is 70.4 cm³/mol. The molecule has 100 valence electrons. The first-order valence-corrected chi connectivity index (χ1v) is 6.41. The van der Waals surface area contributed by atoms with Crippen LogP contribution in [0.2, 0.25) is 0 Å². The third kappa shape index (κ3) is 3.53. The van der Waals surface area contributed by atoms with Gasteiger partial charge in [-0.25, -0.2) is 0 Å². The number of hydrogen-bond donors (Lipinski definition) is 1. The fourth-order valence-corrected chi connectivity index (χ4v) is 1.70. The zero-order valence-corrected chi connectivity index (χ0v) is 11.2. The first-order chi connectivity index (χ1) is 8.65. The second kappa shape index (κ2) is 5.96. The number of rotatable bonds is 6. The Hall–Kier alpha value is -1.42. The lowest BCUT2D eigenvalue weighted by Gasteiger charge is -2.15. The molecule has 4 nitrogen and oxygen atoms in total. The normalized spacial score (nSPS) is 14.9. The van der Waals surface area contributed by atoms with Crippen molar-refractivity contribution in [1.82, 2.24) is 5.32 Å². The van der Waals surface area contributed by atoms with E-state index in [1.807, 2.05) is 18.2 Å². The summed E-state index contributed by atoms with van der Waals surface area (Å²) in [7, 11) is 0. The van der Waals surface area contributed by atoms with E-state index in [4.69, 9.17) is 14.2 Å². The molecule has 0 saturated heterocycles. The SMILES string of the molecule is CC(CNC(C)C)COc1ccc2c(c1)OCO2. The zero-order chi connectivity index (χ0) is 13.0. The maximum atomic E-state index is 5.75. The maximum absolute atomic E-state index is 5.75. The van der Waals surface area contributed by atoms with Crippen molar-refractivity contribution in [2.75, 3.05) is 19.9 Å². The highest BCUT2D eigenvalue weighted by Crippen LogP contribution is 2.35. The van der Waals surface area contributed by atoms with E-state index in [-0.39, 0.29) is 0 Å². The first-order valence-electron chi connectivity index (χ1n) is 6.41. The van der Waals surface area contributed by atoms with Gasteiger partial charge in [0.25, 0.3) is 0 Å². The van der Waals surface area contributed by atoms with Crippen LogP contribution in [0.15, 0.2) is 18.2 Å². The van der Waals surface area contributed by atoms with Gasteiger partial charge in [0.05, 0.1) is 6.61 Å². The smallest absolute Gasteiger partial charge is 0.231 e. The summed E-state index contributed by atoms with van der Waals surface area (Å²) in [6.07, 6.45) is 0. The summed E-state index contributed by atoms with van der Waals surface area (Å²) in [6.45, 7) is 8.41. The minimum absolute atomic E-state index is 0.299. The van der Waals surface area contributed by atoms with Crippen LogP contribution in [0.1, 0.15) is 20.8 Å². The molecule has 1 N–H and O–H groups in total. The maximum Gasteiger partial charge on any atom is 0.231 e. The van der Waals surface area contributed by atoms with Gasteiger partial charge in [0, 0.05) is 24.6 Å². The highest BCUT2D eigenvalue weighted by Gasteiger charge is 2.14. The lowest BCUT2D eigenvalue weighted by Crippen LogP contribution is -2.30. The molecule has 0 aromatic heterocycles. The van der Waals surface area contributed by atoms with E-state index in [9.17, 15) is 0 Å². The van der Waals surface area contributed by atoms with Gasteiger partial charge in [0.15, 0.2) is 11.5 Å². The fourth-order valence-electron chi connectivity index (χ4n) is 1.70. The monoisotopic (exact) mass is 251 g/mol. The quantitative estimate of drug-likeness (QED) is 0.843. The van der Waals surface area contributed by atoms with E-state index >= 15 is 0 Å². The largest absolute Gasteiger partial charge is 0.493 e. The Morgan fingerprint density at radius 1 is 1.22 bits per heavy atom. The van der Waals surface area contributed by atoms with Crippen molar-refractivity contribution in [2.45, 2.75) is 26.8 Å². The molecule has 1 heterocycles. The molecule has 4 heteroatoms. The fraction of sp³-hybridized carbons (Fsp3) is 0.571. The van der Waals surface area contributed by atoms with Crippen LogP contribution in [0.4, 0.5) is 0 Å². The summed E-state index contributed by atoms with van der Waals surface area (Å²) in [5.74, 6) is 2.85. The van der Waals surface area contributed by atoms with Crippen molar-refractivity contribution in [3.05, 3.63) is 18.2 Å². The highest BCUT2D eigenvalue weighted by atomic mass is 16.7. The van der Waals surface area contributed by atoms with Crippen LogP contribution >= 0.6 is 0 Å². The first kappa shape index (κ1) is 13.0. The lowest BCUT2D eigenvalue weighted by molar-refractivity contribution is 0.173. The number of hydrogen-bond acceptors (Lipinski definition) is 4. The van der Waals surface area contributed by atoms with Crippen molar-refractivity contribution in [3.8, 4) is 17.2 Å². The van der Waals surface area contributed by atoms with E-state index in [1.165, 1.54) is 0 Å². The third-order valence-electron chi connectivity index (χ3n) is 2.75. The Kier molecular flexibility index (Phi) is 4.31. The van der Waals surface area contributed by atoms with Crippen LogP contribution in [0.25, 0.3) is 0 Å². The van der Waals surface area contributed by atoms with Crippen molar-refractivity contribution < 1.29 is 14.2 Å². The molecule has 0 saturated carbocycles. The van der Waals surface area contributed by atoms with Crippen LogP contribution in [0, 0.1) is 5.92 Å². The van der Waals surface area contributed by atoms with Crippen LogP contribution in [0.3, 0.4) is 0 Å². The van der Waals surface area contributed by atoms with Gasteiger partial charge in [-0.15, -0.1) is 0 Å². The number of ether oxygens (including phenoxy) is 3. The molecule has 1 aliphatic heterocycles. The van der Waals surface area contributed by atoms with Crippen molar-refractivity contribution in [3.63, 3.8) is 0 Å². The summed E-state index contributed by atoms with van der Waals surface area (Å²) >= 11 is 0. The molecule has 0 aliphatic carbocycles. The van der Waals surface area contributed by atoms with Crippen molar-refractivity contribution >= 4 is 0 Å². The number of benzene rings is 1. The standard InChI is InChI=1S/C14H21NO3/c1-10(2)15-7-11(3)8-16-12-4-5-13-14(6-12)18-9-17-13/h4-6,10-11,15H,7-9H2,1-3H3. The molecule has 0 bridgehead atoms.